The van der Waals surface area contributed by atoms with Crippen LogP contribution in [0.4, 0.5) is 0 Å². The summed E-state index contributed by atoms with van der Waals surface area (Å²) >= 11 is 7.34. The number of nitrogens with zero attached hydrogens (tertiary/aromatic N) is 1. The third kappa shape index (κ3) is 5.58. The Kier molecular flexibility index (Phi) is 7.06. The molecule has 0 saturated carbocycles. The topological polar surface area (TPSA) is 59.9 Å². The molecule has 0 saturated heterocycles. The van der Waals surface area contributed by atoms with Crippen molar-refractivity contribution in [3.05, 3.63) is 81.5 Å². The SMILES string of the molecule is C/C(=N\NC(=O)c1ccccc1OCCOc1ccccc1)c1ccc(Cl)s1. The first-order valence-electron chi connectivity index (χ1n) is 8.63. The maximum Gasteiger partial charge on any atom is 0.275 e. The van der Waals surface area contributed by atoms with Crippen LogP contribution in [0.2, 0.25) is 4.34 Å². The fourth-order valence-corrected chi connectivity index (χ4v) is 3.35. The lowest BCUT2D eigenvalue weighted by Gasteiger charge is -2.11. The van der Waals surface area contributed by atoms with Crippen molar-refractivity contribution in [2.75, 3.05) is 13.2 Å². The molecule has 0 aliphatic rings. The summed E-state index contributed by atoms with van der Waals surface area (Å²) in [5.41, 5.74) is 3.65. The second-order valence-corrected chi connectivity index (χ2v) is 7.46. The predicted molar refractivity (Wildman–Crippen MR) is 113 cm³/mol. The number of benzene rings is 2. The van der Waals surface area contributed by atoms with Crippen molar-refractivity contribution in [3.63, 3.8) is 0 Å². The van der Waals surface area contributed by atoms with Gasteiger partial charge in [-0.3, -0.25) is 4.79 Å². The van der Waals surface area contributed by atoms with E-state index in [4.69, 9.17) is 21.1 Å². The van der Waals surface area contributed by atoms with Gasteiger partial charge in [0.25, 0.3) is 5.91 Å². The lowest BCUT2D eigenvalue weighted by molar-refractivity contribution is 0.0949. The fraction of sp³-hybridized carbons (Fsp3) is 0.143. The second-order valence-electron chi connectivity index (χ2n) is 5.75. The van der Waals surface area contributed by atoms with E-state index in [0.29, 0.717) is 34.6 Å². The number of amides is 1. The molecule has 5 nitrogen and oxygen atoms in total. The van der Waals surface area contributed by atoms with E-state index in [2.05, 4.69) is 10.5 Å². The Morgan fingerprint density at radius 2 is 1.71 bits per heavy atom. The minimum absolute atomic E-state index is 0.315. The number of rotatable bonds is 8. The minimum Gasteiger partial charge on any atom is -0.490 e. The highest BCUT2D eigenvalue weighted by Crippen LogP contribution is 2.22. The maximum absolute atomic E-state index is 12.5. The quantitative estimate of drug-likeness (QED) is 0.320. The molecule has 3 aromatic rings. The Morgan fingerprint density at radius 3 is 2.46 bits per heavy atom. The molecule has 144 valence electrons. The molecule has 1 aromatic heterocycles. The number of carbonyl (C=O) groups is 1. The van der Waals surface area contributed by atoms with Gasteiger partial charge in [0.15, 0.2) is 0 Å². The number of halogens is 1. The Morgan fingerprint density at radius 1 is 1.00 bits per heavy atom. The van der Waals surface area contributed by atoms with Crippen LogP contribution in [0.15, 0.2) is 71.8 Å². The third-order valence-electron chi connectivity index (χ3n) is 3.74. The van der Waals surface area contributed by atoms with Crippen LogP contribution < -0.4 is 14.9 Å². The van der Waals surface area contributed by atoms with Crippen LogP contribution in [0.1, 0.15) is 22.2 Å². The van der Waals surface area contributed by atoms with E-state index in [0.717, 1.165) is 10.6 Å². The first kappa shape index (κ1) is 19.9. The van der Waals surface area contributed by atoms with E-state index < -0.39 is 0 Å². The number of hydrogen-bond donors (Lipinski definition) is 1. The van der Waals surface area contributed by atoms with Gasteiger partial charge in [0.1, 0.15) is 24.7 Å². The average Bonchev–Trinajstić information content (AvgIpc) is 3.17. The number of hydrogen-bond acceptors (Lipinski definition) is 5. The van der Waals surface area contributed by atoms with Crippen molar-refractivity contribution in [1.29, 1.82) is 0 Å². The predicted octanol–water partition coefficient (Wildman–Crippen LogP) is 5.01. The van der Waals surface area contributed by atoms with Gasteiger partial charge >= 0.3 is 0 Å². The smallest absolute Gasteiger partial charge is 0.275 e. The zero-order chi connectivity index (χ0) is 19.8. The summed E-state index contributed by atoms with van der Waals surface area (Å²) in [6, 6.07) is 20.2. The number of para-hydroxylation sites is 2. The van der Waals surface area contributed by atoms with Crippen LogP contribution >= 0.6 is 22.9 Å². The number of thiophene rings is 1. The van der Waals surface area contributed by atoms with Gasteiger partial charge in [-0.1, -0.05) is 41.9 Å². The molecule has 1 heterocycles. The van der Waals surface area contributed by atoms with Crippen molar-refractivity contribution in [1.82, 2.24) is 5.43 Å². The summed E-state index contributed by atoms with van der Waals surface area (Å²) in [4.78, 5) is 13.4. The summed E-state index contributed by atoms with van der Waals surface area (Å²) in [5.74, 6) is 0.904. The molecule has 0 fully saturated rings. The van der Waals surface area contributed by atoms with Gasteiger partial charge in [0.2, 0.25) is 0 Å². The van der Waals surface area contributed by atoms with Gasteiger partial charge in [-0.05, 0) is 43.3 Å². The lowest BCUT2D eigenvalue weighted by Crippen LogP contribution is -2.20. The molecule has 1 N–H and O–H groups in total. The van der Waals surface area contributed by atoms with Gasteiger partial charge in [-0.25, -0.2) is 5.43 Å². The summed E-state index contributed by atoms with van der Waals surface area (Å²) < 4.78 is 12.0. The lowest BCUT2D eigenvalue weighted by atomic mass is 10.2. The second kappa shape index (κ2) is 9.92. The molecule has 7 heteroatoms. The maximum atomic E-state index is 12.5. The molecule has 0 unspecified atom stereocenters. The summed E-state index contributed by atoms with van der Waals surface area (Å²) in [5, 5.41) is 4.15. The highest BCUT2D eigenvalue weighted by Gasteiger charge is 2.12. The molecule has 0 spiro atoms. The normalized spacial score (nSPS) is 11.1. The number of hydrazone groups is 1. The van der Waals surface area contributed by atoms with E-state index in [1.807, 2.05) is 49.4 Å². The van der Waals surface area contributed by atoms with Crippen molar-refractivity contribution in [3.8, 4) is 11.5 Å². The van der Waals surface area contributed by atoms with E-state index in [-0.39, 0.29) is 5.91 Å². The number of carbonyl (C=O) groups excluding carboxylic acids is 1. The molecule has 2 aromatic carbocycles. The van der Waals surface area contributed by atoms with E-state index in [1.165, 1.54) is 11.3 Å². The van der Waals surface area contributed by atoms with Crippen molar-refractivity contribution in [2.24, 2.45) is 5.10 Å². The van der Waals surface area contributed by atoms with Crippen LogP contribution in [0.5, 0.6) is 11.5 Å². The fourth-order valence-electron chi connectivity index (χ4n) is 2.37. The van der Waals surface area contributed by atoms with Crippen LogP contribution in [-0.2, 0) is 0 Å². The van der Waals surface area contributed by atoms with Gasteiger partial charge in [-0.2, -0.15) is 5.10 Å². The first-order valence-corrected chi connectivity index (χ1v) is 9.83. The van der Waals surface area contributed by atoms with Crippen LogP contribution in [0, 0.1) is 0 Å². The zero-order valence-electron chi connectivity index (χ0n) is 15.2. The zero-order valence-corrected chi connectivity index (χ0v) is 16.8. The molecular formula is C21H19ClN2O3S. The van der Waals surface area contributed by atoms with Crippen molar-refractivity contribution >= 4 is 34.6 Å². The van der Waals surface area contributed by atoms with E-state index >= 15 is 0 Å². The Bertz CT molecular complexity index is 957. The highest BCUT2D eigenvalue weighted by atomic mass is 35.5. The molecule has 0 aliphatic heterocycles. The molecular weight excluding hydrogens is 396 g/mol. The Labute approximate surface area is 172 Å². The van der Waals surface area contributed by atoms with Crippen LogP contribution in [0.3, 0.4) is 0 Å². The summed E-state index contributed by atoms with van der Waals surface area (Å²) in [6.45, 7) is 2.50. The van der Waals surface area contributed by atoms with E-state index in [1.54, 1.807) is 24.3 Å². The monoisotopic (exact) mass is 414 g/mol. The summed E-state index contributed by atoms with van der Waals surface area (Å²) in [6.07, 6.45) is 0. The highest BCUT2D eigenvalue weighted by molar-refractivity contribution is 7.18. The van der Waals surface area contributed by atoms with Gasteiger partial charge in [0, 0.05) is 0 Å². The van der Waals surface area contributed by atoms with Crippen LogP contribution in [0.25, 0.3) is 0 Å². The third-order valence-corrected chi connectivity index (χ3v) is 5.08. The molecule has 3 rings (SSSR count). The molecule has 28 heavy (non-hydrogen) atoms. The molecule has 0 bridgehead atoms. The Hall–Kier alpha value is -2.83. The molecule has 1 amide bonds. The van der Waals surface area contributed by atoms with E-state index in [9.17, 15) is 4.79 Å². The largest absolute Gasteiger partial charge is 0.490 e. The average molecular weight is 415 g/mol. The number of ether oxygens (including phenoxy) is 2. The van der Waals surface area contributed by atoms with Gasteiger partial charge in [-0.15, -0.1) is 11.3 Å². The summed E-state index contributed by atoms with van der Waals surface area (Å²) in [7, 11) is 0. The van der Waals surface area contributed by atoms with Crippen molar-refractivity contribution in [2.45, 2.75) is 6.92 Å². The molecule has 0 atom stereocenters. The first-order chi connectivity index (χ1) is 13.6. The number of nitrogens with one attached hydrogen (secondary N) is 1. The standard InChI is InChI=1S/C21H19ClN2O3S/c1-15(19-11-12-20(22)28-19)23-24-21(25)17-9-5-6-10-18(17)27-14-13-26-16-7-3-2-4-8-16/h2-12H,13-14H2,1H3,(H,24,25)/b23-15+. The van der Waals surface area contributed by atoms with Gasteiger partial charge in [0.05, 0.1) is 20.5 Å². The van der Waals surface area contributed by atoms with Crippen molar-refractivity contribution < 1.29 is 14.3 Å². The minimum atomic E-state index is -0.346. The molecule has 0 radical (unpaired) electrons. The van der Waals surface area contributed by atoms with Crippen LogP contribution in [-0.4, -0.2) is 24.8 Å². The van der Waals surface area contributed by atoms with Gasteiger partial charge < -0.3 is 9.47 Å². The molecule has 0 aliphatic carbocycles. The Balaban J connectivity index is 1.57.